The lowest BCUT2D eigenvalue weighted by Gasteiger charge is -2.34. The van der Waals surface area contributed by atoms with E-state index in [1.807, 2.05) is 36.1 Å². The van der Waals surface area contributed by atoms with Crippen LogP contribution < -0.4 is 19.7 Å². The third-order valence-corrected chi connectivity index (χ3v) is 7.36. The molecule has 1 saturated heterocycles. The standard InChI is InChI=1S/C23H27N5O4S/c1-17-4-6-18(7-5-17)24-21-16-22(32-3)26-23(25-21)27-12-14-28(15-13-27)33(29,30)20-10-8-19(31-2)9-11-20/h4-11,16H,12-15H2,1-3H3,(H,24,25,26). The molecule has 1 aliphatic heterocycles. The van der Waals surface area contributed by atoms with E-state index in [-0.39, 0.29) is 4.90 Å². The summed E-state index contributed by atoms with van der Waals surface area (Å²) in [5.41, 5.74) is 2.08. The summed E-state index contributed by atoms with van der Waals surface area (Å²) in [6.07, 6.45) is 0. The van der Waals surface area contributed by atoms with Crippen molar-refractivity contribution in [2.24, 2.45) is 0 Å². The molecule has 174 valence electrons. The summed E-state index contributed by atoms with van der Waals surface area (Å²) in [6.45, 7) is 3.62. The molecule has 0 aliphatic carbocycles. The highest BCUT2D eigenvalue weighted by atomic mass is 32.2. The van der Waals surface area contributed by atoms with Crippen LogP contribution >= 0.6 is 0 Å². The van der Waals surface area contributed by atoms with Crippen molar-refractivity contribution in [2.75, 3.05) is 50.6 Å². The van der Waals surface area contributed by atoms with Gasteiger partial charge in [0.1, 0.15) is 11.6 Å². The summed E-state index contributed by atoms with van der Waals surface area (Å²) in [6, 6.07) is 16.1. The summed E-state index contributed by atoms with van der Waals surface area (Å²) in [5, 5.41) is 3.27. The lowest BCUT2D eigenvalue weighted by molar-refractivity contribution is 0.377. The molecule has 3 aromatic rings. The number of methoxy groups -OCH3 is 2. The Balaban J connectivity index is 1.48. The summed E-state index contributed by atoms with van der Waals surface area (Å²) in [7, 11) is -0.481. The van der Waals surface area contributed by atoms with Crippen LogP contribution in [0.3, 0.4) is 0 Å². The second-order valence-corrected chi connectivity index (χ2v) is 9.59. The second-order valence-electron chi connectivity index (χ2n) is 7.65. The van der Waals surface area contributed by atoms with Crippen LogP contribution in [0.15, 0.2) is 59.5 Å². The highest BCUT2D eigenvalue weighted by Crippen LogP contribution is 2.25. The Labute approximate surface area is 194 Å². The van der Waals surface area contributed by atoms with Crippen LogP contribution in [0.5, 0.6) is 11.6 Å². The van der Waals surface area contributed by atoms with E-state index in [0.717, 1.165) is 5.69 Å². The minimum Gasteiger partial charge on any atom is -0.497 e. The van der Waals surface area contributed by atoms with Crippen LogP contribution in [0.1, 0.15) is 5.56 Å². The van der Waals surface area contributed by atoms with Crippen molar-refractivity contribution in [1.29, 1.82) is 0 Å². The zero-order valence-corrected chi connectivity index (χ0v) is 19.7. The van der Waals surface area contributed by atoms with Crippen LogP contribution in [0.2, 0.25) is 0 Å². The molecule has 0 amide bonds. The molecule has 1 aliphatic rings. The van der Waals surface area contributed by atoms with E-state index in [4.69, 9.17) is 9.47 Å². The average Bonchev–Trinajstić information content (AvgIpc) is 2.85. The summed E-state index contributed by atoms with van der Waals surface area (Å²) in [4.78, 5) is 11.3. The van der Waals surface area contributed by atoms with E-state index >= 15 is 0 Å². The first-order valence-electron chi connectivity index (χ1n) is 10.5. The van der Waals surface area contributed by atoms with Crippen molar-refractivity contribution < 1.29 is 17.9 Å². The van der Waals surface area contributed by atoms with Crippen molar-refractivity contribution in [3.63, 3.8) is 0 Å². The predicted octanol–water partition coefficient (Wildman–Crippen LogP) is 3.06. The van der Waals surface area contributed by atoms with Gasteiger partial charge in [0.2, 0.25) is 21.9 Å². The first-order chi connectivity index (χ1) is 15.9. The highest BCUT2D eigenvalue weighted by Gasteiger charge is 2.29. The Kier molecular flexibility index (Phi) is 6.66. The Morgan fingerprint density at radius 2 is 1.55 bits per heavy atom. The summed E-state index contributed by atoms with van der Waals surface area (Å²) >= 11 is 0. The Morgan fingerprint density at radius 1 is 0.879 bits per heavy atom. The van der Waals surface area contributed by atoms with Crippen LogP contribution in [-0.2, 0) is 10.0 Å². The van der Waals surface area contributed by atoms with Crippen molar-refractivity contribution in [3.8, 4) is 11.6 Å². The normalized spacial score (nSPS) is 14.7. The fraction of sp³-hybridized carbons (Fsp3) is 0.304. The van der Waals surface area contributed by atoms with E-state index < -0.39 is 10.0 Å². The molecule has 0 saturated carbocycles. The quantitative estimate of drug-likeness (QED) is 0.564. The first kappa shape index (κ1) is 22.8. The Hall–Kier alpha value is -3.37. The van der Waals surface area contributed by atoms with Gasteiger partial charge in [-0.3, -0.25) is 0 Å². The molecule has 1 fully saturated rings. The number of hydrogen-bond acceptors (Lipinski definition) is 8. The largest absolute Gasteiger partial charge is 0.497 e. The van der Waals surface area contributed by atoms with Gasteiger partial charge in [0.25, 0.3) is 0 Å². The minimum atomic E-state index is -3.58. The van der Waals surface area contributed by atoms with Crippen LogP contribution in [-0.4, -0.2) is 63.1 Å². The number of piperazine rings is 1. The molecule has 4 rings (SSSR count). The maximum atomic E-state index is 13.0. The number of aromatic nitrogens is 2. The number of hydrogen-bond donors (Lipinski definition) is 1. The number of benzene rings is 2. The van der Waals surface area contributed by atoms with Crippen molar-refractivity contribution in [2.45, 2.75) is 11.8 Å². The average molecular weight is 470 g/mol. The molecular weight excluding hydrogens is 442 g/mol. The van der Waals surface area contributed by atoms with Gasteiger partial charge in [0, 0.05) is 37.9 Å². The van der Waals surface area contributed by atoms with Gasteiger partial charge in [-0.2, -0.15) is 14.3 Å². The Bertz CT molecular complexity index is 1190. The number of anilines is 3. The summed E-state index contributed by atoms with van der Waals surface area (Å²) in [5.74, 6) is 2.14. The van der Waals surface area contributed by atoms with Gasteiger partial charge in [0.05, 0.1) is 19.1 Å². The van der Waals surface area contributed by atoms with Gasteiger partial charge >= 0.3 is 0 Å². The van der Waals surface area contributed by atoms with Gasteiger partial charge in [0.15, 0.2) is 0 Å². The van der Waals surface area contributed by atoms with Crippen LogP contribution in [0.4, 0.5) is 17.5 Å². The van der Waals surface area contributed by atoms with Crippen LogP contribution in [0.25, 0.3) is 0 Å². The van der Waals surface area contributed by atoms with E-state index in [1.54, 1.807) is 44.6 Å². The molecule has 33 heavy (non-hydrogen) atoms. The van der Waals surface area contributed by atoms with Gasteiger partial charge in [-0.15, -0.1) is 0 Å². The van der Waals surface area contributed by atoms with E-state index in [0.29, 0.717) is 49.6 Å². The fourth-order valence-electron chi connectivity index (χ4n) is 3.53. The molecule has 0 atom stereocenters. The molecule has 0 radical (unpaired) electrons. The zero-order chi connectivity index (χ0) is 23.4. The molecule has 9 nitrogen and oxygen atoms in total. The lowest BCUT2D eigenvalue weighted by Crippen LogP contribution is -2.49. The van der Waals surface area contributed by atoms with E-state index in [2.05, 4.69) is 15.3 Å². The highest BCUT2D eigenvalue weighted by molar-refractivity contribution is 7.89. The lowest BCUT2D eigenvalue weighted by atomic mass is 10.2. The molecule has 10 heteroatoms. The SMILES string of the molecule is COc1ccc(S(=O)(=O)N2CCN(c3nc(Nc4ccc(C)cc4)cc(OC)n3)CC2)cc1. The van der Waals surface area contributed by atoms with E-state index in [9.17, 15) is 8.42 Å². The van der Waals surface area contributed by atoms with Crippen molar-refractivity contribution in [3.05, 3.63) is 60.2 Å². The molecule has 0 unspecified atom stereocenters. The maximum absolute atomic E-state index is 13.0. The molecule has 1 aromatic heterocycles. The number of rotatable bonds is 7. The predicted molar refractivity (Wildman–Crippen MR) is 127 cm³/mol. The van der Waals surface area contributed by atoms with Crippen molar-refractivity contribution >= 4 is 27.5 Å². The monoisotopic (exact) mass is 469 g/mol. The summed E-state index contributed by atoms with van der Waals surface area (Å²) < 4.78 is 38.0. The number of nitrogens with zero attached hydrogens (tertiary/aromatic N) is 4. The zero-order valence-electron chi connectivity index (χ0n) is 18.9. The number of ether oxygens (including phenoxy) is 2. The molecule has 0 spiro atoms. The topological polar surface area (TPSA) is 96.9 Å². The van der Waals surface area contributed by atoms with Crippen LogP contribution in [0, 0.1) is 6.92 Å². The first-order valence-corrected chi connectivity index (χ1v) is 12.0. The van der Waals surface area contributed by atoms with E-state index in [1.165, 1.54) is 9.87 Å². The molecule has 2 aromatic carbocycles. The molecule has 0 bridgehead atoms. The number of sulfonamides is 1. The molecule has 1 N–H and O–H groups in total. The Morgan fingerprint density at radius 3 is 2.15 bits per heavy atom. The van der Waals surface area contributed by atoms with Gasteiger partial charge in [-0.1, -0.05) is 17.7 Å². The molecular formula is C23H27N5O4S. The smallest absolute Gasteiger partial charge is 0.243 e. The maximum Gasteiger partial charge on any atom is 0.243 e. The third kappa shape index (κ3) is 5.18. The van der Waals surface area contributed by atoms with Gasteiger partial charge in [-0.25, -0.2) is 8.42 Å². The second kappa shape index (κ2) is 9.63. The fourth-order valence-corrected chi connectivity index (χ4v) is 4.96. The number of aryl methyl sites for hydroxylation is 1. The van der Waals surface area contributed by atoms with Crippen molar-refractivity contribution in [1.82, 2.24) is 14.3 Å². The van der Waals surface area contributed by atoms with Gasteiger partial charge in [-0.05, 0) is 43.3 Å². The minimum absolute atomic E-state index is 0.249. The van der Waals surface area contributed by atoms with Gasteiger partial charge < -0.3 is 19.7 Å². The number of nitrogens with one attached hydrogen (secondary N) is 1. The third-order valence-electron chi connectivity index (χ3n) is 5.44. The molecule has 2 heterocycles.